The van der Waals surface area contributed by atoms with Crippen molar-refractivity contribution < 1.29 is 9.53 Å². The SMILES string of the molecule is CC(C)Oc1cccc2c1CNC2=O. The predicted octanol–water partition coefficient (Wildman–Crippen LogP) is 1.72. The van der Waals surface area contributed by atoms with Crippen molar-refractivity contribution in [3.05, 3.63) is 29.3 Å². The van der Waals surface area contributed by atoms with E-state index in [0.29, 0.717) is 6.54 Å². The Morgan fingerprint density at radius 1 is 1.43 bits per heavy atom. The van der Waals surface area contributed by atoms with E-state index in [2.05, 4.69) is 5.32 Å². The monoisotopic (exact) mass is 191 g/mol. The van der Waals surface area contributed by atoms with Crippen LogP contribution in [0.25, 0.3) is 0 Å². The summed E-state index contributed by atoms with van der Waals surface area (Å²) >= 11 is 0. The molecule has 0 saturated heterocycles. The van der Waals surface area contributed by atoms with E-state index < -0.39 is 0 Å². The first-order valence-electron chi connectivity index (χ1n) is 4.75. The van der Waals surface area contributed by atoms with Crippen LogP contribution in [0.15, 0.2) is 18.2 Å². The molecule has 0 spiro atoms. The smallest absolute Gasteiger partial charge is 0.252 e. The zero-order valence-electron chi connectivity index (χ0n) is 8.33. The van der Waals surface area contributed by atoms with Crippen molar-refractivity contribution in [1.82, 2.24) is 5.32 Å². The first-order valence-corrected chi connectivity index (χ1v) is 4.75. The molecule has 0 fully saturated rings. The van der Waals surface area contributed by atoms with Crippen molar-refractivity contribution in [3.8, 4) is 5.75 Å². The van der Waals surface area contributed by atoms with Crippen LogP contribution in [0.2, 0.25) is 0 Å². The van der Waals surface area contributed by atoms with Gasteiger partial charge in [-0.2, -0.15) is 0 Å². The van der Waals surface area contributed by atoms with E-state index in [4.69, 9.17) is 4.74 Å². The second-order valence-electron chi connectivity index (χ2n) is 3.63. The minimum absolute atomic E-state index is 0.00536. The van der Waals surface area contributed by atoms with Crippen LogP contribution >= 0.6 is 0 Å². The van der Waals surface area contributed by atoms with E-state index in [9.17, 15) is 4.79 Å². The number of carbonyl (C=O) groups excluding carboxylic acids is 1. The molecule has 3 heteroatoms. The van der Waals surface area contributed by atoms with Gasteiger partial charge in [-0.1, -0.05) is 6.07 Å². The lowest BCUT2D eigenvalue weighted by atomic mass is 10.1. The van der Waals surface area contributed by atoms with Crippen molar-refractivity contribution in [3.63, 3.8) is 0 Å². The fraction of sp³-hybridized carbons (Fsp3) is 0.364. The topological polar surface area (TPSA) is 38.3 Å². The van der Waals surface area contributed by atoms with Crippen LogP contribution in [0.5, 0.6) is 5.75 Å². The highest BCUT2D eigenvalue weighted by Crippen LogP contribution is 2.26. The van der Waals surface area contributed by atoms with E-state index >= 15 is 0 Å². The van der Waals surface area contributed by atoms with Gasteiger partial charge in [-0.05, 0) is 26.0 Å². The molecule has 0 aliphatic carbocycles. The normalized spacial score (nSPS) is 14.1. The van der Waals surface area contributed by atoms with Crippen molar-refractivity contribution in [1.29, 1.82) is 0 Å². The Morgan fingerprint density at radius 3 is 2.93 bits per heavy atom. The molecule has 1 N–H and O–H groups in total. The van der Waals surface area contributed by atoms with Gasteiger partial charge in [0.1, 0.15) is 5.75 Å². The molecule has 0 atom stereocenters. The molecule has 74 valence electrons. The van der Waals surface area contributed by atoms with Crippen molar-refractivity contribution in [2.24, 2.45) is 0 Å². The summed E-state index contributed by atoms with van der Waals surface area (Å²) in [5.41, 5.74) is 1.72. The summed E-state index contributed by atoms with van der Waals surface area (Å²) in [7, 11) is 0. The Hall–Kier alpha value is -1.51. The van der Waals surface area contributed by atoms with Crippen LogP contribution in [0.3, 0.4) is 0 Å². The lowest BCUT2D eigenvalue weighted by molar-refractivity contribution is 0.0965. The number of amides is 1. The molecule has 1 aliphatic heterocycles. The van der Waals surface area contributed by atoms with Gasteiger partial charge in [0.05, 0.1) is 6.10 Å². The summed E-state index contributed by atoms with van der Waals surface area (Å²) in [6.45, 7) is 4.53. The molecule has 0 aromatic heterocycles. The zero-order chi connectivity index (χ0) is 10.1. The Bertz CT molecular complexity index is 372. The van der Waals surface area contributed by atoms with Crippen LogP contribution in [0.4, 0.5) is 0 Å². The molecule has 1 aromatic rings. The van der Waals surface area contributed by atoms with Gasteiger partial charge in [0.25, 0.3) is 5.91 Å². The Kier molecular flexibility index (Phi) is 2.15. The highest BCUT2D eigenvalue weighted by atomic mass is 16.5. The summed E-state index contributed by atoms with van der Waals surface area (Å²) in [6.07, 6.45) is 0.136. The molecule has 0 bridgehead atoms. The molecule has 14 heavy (non-hydrogen) atoms. The number of benzene rings is 1. The quantitative estimate of drug-likeness (QED) is 0.773. The Morgan fingerprint density at radius 2 is 2.21 bits per heavy atom. The van der Waals surface area contributed by atoms with Crippen LogP contribution in [0.1, 0.15) is 29.8 Å². The molecule has 0 saturated carbocycles. The number of hydrogen-bond acceptors (Lipinski definition) is 2. The lowest BCUT2D eigenvalue weighted by Gasteiger charge is -2.12. The predicted molar refractivity (Wildman–Crippen MR) is 53.4 cm³/mol. The molecule has 2 rings (SSSR count). The van der Waals surface area contributed by atoms with Gasteiger partial charge < -0.3 is 10.1 Å². The van der Waals surface area contributed by atoms with Crippen LogP contribution < -0.4 is 10.1 Å². The van der Waals surface area contributed by atoms with Gasteiger partial charge in [-0.15, -0.1) is 0 Å². The number of fused-ring (bicyclic) bond motifs is 1. The summed E-state index contributed by atoms with van der Waals surface area (Å²) in [4.78, 5) is 11.3. The third-order valence-electron chi connectivity index (χ3n) is 2.17. The third-order valence-corrected chi connectivity index (χ3v) is 2.17. The molecular weight excluding hydrogens is 178 g/mol. The van der Waals surface area contributed by atoms with Gasteiger partial charge in [0.2, 0.25) is 0 Å². The van der Waals surface area contributed by atoms with Crippen molar-refractivity contribution in [2.45, 2.75) is 26.5 Å². The first kappa shape index (κ1) is 9.06. The largest absolute Gasteiger partial charge is 0.491 e. The molecule has 1 amide bonds. The number of ether oxygens (including phenoxy) is 1. The van der Waals surface area contributed by atoms with Crippen LogP contribution in [-0.4, -0.2) is 12.0 Å². The summed E-state index contributed by atoms with van der Waals surface area (Å²) < 4.78 is 5.61. The average molecular weight is 191 g/mol. The maximum absolute atomic E-state index is 11.3. The molecule has 1 aliphatic rings. The number of carbonyl (C=O) groups is 1. The van der Waals surface area contributed by atoms with Gasteiger partial charge in [-0.25, -0.2) is 0 Å². The number of nitrogens with one attached hydrogen (secondary N) is 1. The highest BCUT2D eigenvalue weighted by molar-refractivity contribution is 5.99. The standard InChI is InChI=1S/C11H13NO2/c1-7(2)14-10-5-3-4-8-9(10)6-12-11(8)13/h3-5,7H,6H2,1-2H3,(H,12,13). The zero-order valence-corrected chi connectivity index (χ0v) is 8.33. The average Bonchev–Trinajstić information content (AvgIpc) is 2.49. The van der Waals surface area contributed by atoms with Gasteiger partial charge in [-0.3, -0.25) is 4.79 Å². The molecule has 1 aromatic carbocycles. The maximum atomic E-state index is 11.3. The van der Waals surface area contributed by atoms with E-state index in [0.717, 1.165) is 16.9 Å². The minimum Gasteiger partial charge on any atom is -0.491 e. The first-order chi connectivity index (χ1) is 6.68. The second-order valence-corrected chi connectivity index (χ2v) is 3.63. The van der Waals surface area contributed by atoms with Gasteiger partial charge in [0.15, 0.2) is 0 Å². The summed E-state index contributed by atoms with van der Waals surface area (Å²) in [6, 6.07) is 5.57. The molecule has 0 unspecified atom stereocenters. The minimum atomic E-state index is -0.00536. The fourth-order valence-electron chi connectivity index (χ4n) is 1.59. The molecule has 0 radical (unpaired) electrons. The van der Waals surface area contributed by atoms with Crippen molar-refractivity contribution in [2.75, 3.05) is 0 Å². The molecular formula is C11H13NO2. The van der Waals surface area contributed by atoms with Crippen LogP contribution in [-0.2, 0) is 6.54 Å². The lowest BCUT2D eigenvalue weighted by Crippen LogP contribution is -2.12. The van der Waals surface area contributed by atoms with E-state index in [1.165, 1.54) is 0 Å². The number of hydrogen-bond donors (Lipinski definition) is 1. The third kappa shape index (κ3) is 1.45. The van der Waals surface area contributed by atoms with E-state index in [1.807, 2.05) is 32.0 Å². The summed E-state index contributed by atoms with van der Waals surface area (Å²) in [5.74, 6) is 0.810. The second kappa shape index (κ2) is 3.33. The van der Waals surface area contributed by atoms with E-state index in [-0.39, 0.29) is 12.0 Å². The van der Waals surface area contributed by atoms with E-state index in [1.54, 1.807) is 0 Å². The van der Waals surface area contributed by atoms with Crippen molar-refractivity contribution >= 4 is 5.91 Å². The Labute approximate surface area is 83.1 Å². The van der Waals surface area contributed by atoms with Gasteiger partial charge in [0, 0.05) is 17.7 Å². The van der Waals surface area contributed by atoms with Gasteiger partial charge >= 0.3 is 0 Å². The fourth-order valence-corrected chi connectivity index (χ4v) is 1.59. The highest BCUT2D eigenvalue weighted by Gasteiger charge is 2.22. The maximum Gasteiger partial charge on any atom is 0.252 e. The molecule has 3 nitrogen and oxygen atoms in total. The molecule has 1 heterocycles. The van der Waals surface area contributed by atoms with Crippen LogP contribution in [0, 0.1) is 0 Å². The Balaban J connectivity index is 2.39. The summed E-state index contributed by atoms with van der Waals surface area (Å²) in [5, 5.41) is 2.78. The number of rotatable bonds is 2.